The van der Waals surface area contributed by atoms with E-state index < -0.39 is 0 Å². The van der Waals surface area contributed by atoms with Crippen LogP contribution in [0.2, 0.25) is 5.02 Å². The van der Waals surface area contributed by atoms with Gasteiger partial charge in [0.25, 0.3) is 0 Å². The van der Waals surface area contributed by atoms with E-state index >= 15 is 0 Å². The van der Waals surface area contributed by atoms with E-state index in [1.807, 2.05) is 6.07 Å². The molecule has 0 saturated heterocycles. The average molecular weight is 251 g/mol. The molecule has 1 aromatic rings. The molecule has 0 radical (unpaired) electrons. The first-order valence-corrected chi connectivity index (χ1v) is 6.18. The maximum absolute atomic E-state index is 8.77. The van der Waals surface area contributed by atoms with Gasteiger partial charge in [-0.05, 0) is 37.8 Å². The van der Waals surface area contributed by atoms with Crippen molar-refractivity contribution < 1.29 is 4.74 Å². The molecule has 0 spiro atoms. The molecule has 0 atom stereocenters. The van der Waals surface area contributed by atoms with Gasteiger partial charge in [-0.1, -0.05) is 11.6 Å². The van der Waals surface area contributed by atoms with E-state index in [1.54, 1.807) is 18.2 Å². The lowest BCUT2D eigenvalue weighted by Crippen LogP contribution is -2.31. The quantitative estimate of drug-likeness (QED) is 0.878. The molecular weight excluding hydrogens is 236 g/mol. The van der Waals surface area contributed by atoms with Crippen LogP contribution in [0.15, 0.2) is 18.2 Å². The number of rotatable bonds is 2. The normalized spacial score (nSPS) is 24.1. The van der Waals surface area contributed by atoms with E-state index in [4.69, 9.17) is 27.3 Å². The zero-order valence-electron chi connectivity index (χ0n) is 9.53. The Morgan fingerprint density at radius 2 is 2.00 bits per heavy atom. The molecule has 0 heterocycles. The molecule has 1 fully saturated rings. The minimum absolute atomic E-state index is 0.221. The van der Waals surface area contributed by atoms with Gasteiger partial charge in [0.2, 0.25) is 0 Å². The van der Waals surface area contributed by atoms with Gasteiger partial charge < -0.3 is 10.5 Å². The first-order valence-electron chi connectivity index (χ1n) is 5.81. The number of hydrogen-bond acceptors (Lipinski definition) is 3. The van der Waals surface area contributed by atoms with Gasteiger partial charge in [0, 0.05) is 12.1 Å². The Morgan fingerprint density at radius 3 is 2.59 bits per heavy atom. The fraction of sp³-hybridized carbons (Fsp3) is 0.462. The molecule has 4 heteroatoms. The van der Waals surface area contributed by atoms with Gasteiger partial charge in [-0.15, -0.1) is 0 Å². The lowest BCUT2D eigenvalue weighted by Gasteiger charge is -2.26. The topological polar surface area (TPSA) is 59.0 Å². The average Bonchev–Trinajstić information content (AvgIpc) is 2.32. The summed E-state index contributed by atoms with van der Waals surface area (Å²) in [4.78, 5) is 0. The van der Waals surface area contributed by atoms with E-state index in [0.717, 1.165) is 31.4 Å². The fourth-order valence-corrected chi connectivity index (χ4v) is 2.27. The predicted molar refractivity (Wildman–Crippen MR) is 67.0 cm³/mol. The predicted octanol–water partition coefficient (Wildman–Crippen LogP) is 2.86. The third-order valence-corrected chi connectivity index (χ3v) is 3.40. The van der Waals surface area contributed by atoms with Crippen molar-refractivity contribution in [1.29, 1.82) is 5.26 Å². The second-order valence-corrected chi connectivity index (χ2v) is 4.82. The van der Waals surface area contributed by atoms with Crippen LogP contribution in [0.4, 0.5) is 0 Å². The summed E-state index contributed by atoms with van der Waals surface area (Å²) in [5.41, 5.74) is 6.32. The van der Waals surface area contributed by atoms with Crippen LogP contribution in [0.5, 0.6) is 5.75 Å². The molecule has 1 saturated carbocycles. The molecule has 0 aliphatic heterocycles. The first-order chi connectivity index (χ1) is 8.19. The van der Waals surface area contributed by atoms with Crippen LogP contribution in [0.25, 0.3) is 0 Å². The van der Waals surface area contributed by atoms with Gasteiger partial charge in [-0.25, -0.2) is 0 Å². The summed E-state index contributed by atoms with van der Waals surface area (Å²) in [6.45, 7) is 0. The second-order valence-electron chi connectivity index (χ2n) is 4.41. The highest BCUT2D eigenvalue weighted by Gasteiger charge is 2.19. The number of halogens is 1. The molecule has 0 amide bonds. The van der Waals surface area contributed by atoms with Crippen LogP contribution in [0, 0.1) is 11.3 Å². The van der Waals surface area contributed by atoms with E-state index in [1.165, 1.54) is 0 Å². The van der Waals surface area contributed by atoms with Crippen LogP contribution in [0.1, 0.15) is 31.2 Å². The number of ether oxygens (including phenoxy) is 1. The van der Waals surface area contributed by atoms with Gasteiger partial charge in [0.15, 0.2) is 0 Å². The summed E-state index contributed by atoms with van der Waals surface area (Å²) in [6, 6.07) is 7.53. The summed E-state index contributed by atoms with van der Waals surface area (Å²) in [5, 5.41) is 9.21. The van der Waals surface area contributed by atoms with E-state index in [-0.39, 0.29) is 6.10 Å². The van der Waals surface area contributed by atoms with Crippen LogP contribution in [-0.2, 0) is 0 Å². The van der Waals surface area contributed by atoms with Crippen molar-refractivity contribution in [3.63, 3.8) is 0 Å². The Labute approximate surface area is 106 Å². The fourth-order valence-electron chi connectivity index (χ4n) is 2.06. The summed E-state index contributed by atoms with van der Waals surface area (Å²) >= 11 is 5.95. The molecule has 0 bridgehead atoms. The molecule has 1 aliphatic rings. The minimum atomic E-state index is 0.221. The maximum atomic E-state index is 8.77. The highest BCUT2D eigenvalue weighted by Crippen LogP contribution is 2.26. The minimum Gasteiger partial charge on any atom is -0.490 e. The Kier molecular flexibility index (Phi) is 3.88. The Hall–Kier alpha value is -1.24. The third-order valence-electron chi connectivity index (χ3n) is 3.08. The standard InChI is InChI=1S/C13H15ClN2O/c14-13-7-12(4-1-9(13)8-15)17-11-5-2-10(16)3-6-11/h1,4,7,10-11H,2-3,5-6,16H2/t10-,11+. The molecule has 2 N–H and O–H groups in total. The zero-order valence-corrected chi connectivity index (χ0v) is 10.3. The van der Waals surface area contributed by atoms with Crippen LogP contribution < -0.4 is 10.5 Å². The molecule has 17 heavy (non-hydrogen) atoms. The SMILES string of the molecule is N#Cc1ccc(O[C@H]2CC[C@@H](N)CC2)cc1Cl. The monoisotopic (exact) mass is 250 g/mol. The molecule has 90 valence electrons. The number of benzene rings is 1. The Balaban J connectivity index is 2.00. The van der Waals surface area contributed by atoms with Crippen LogP contribution >= 0.6 is 11.6 Å². The largest absolute Gasteiger partial charge is 0.490 e. The zero-order chi connectivity index (χ0) is 12.3. The molecule has 3 nitrogen and oxygen atoms in total. The Morgan fingerprint density at radius 1 is 1.29 bits per heavy atom. The lowest BCUT2D eigenvalue weighted by atomic mass is 9.94. The molecule has 2 rings (SSSR count). The van der Waals surface area contributed by atoms with Gasteiger partial charge >= 0.3 is 0 Å². The third kappa shape index (κ3) is 3.12. The first kappa shape index (κ1) is 12.2. The summed E-state index contributed by atoms with van der Waals surface area (Å²) in [7, 11) is 0. The van der Waals surface area contributed by atoms with Gasteiger partial charge in [0.1, 0.15) is 11.8 Å². The lowest BCUT2D eigenvalue weighted by molar-refractivity contribution is 0.147. The summed E-state index contributed by atoms with van der Waals surface area (Å²) in [6.07, 6.45) is 4.21. The number of nitrogens with two attached hydrogens (primary N) is 1. The van der Waals surface area contributed by atoms with E-state index in [0.29, 0.717) is 16.6 Å². The van der Waals surface area contributed by atoms with Crippen molar-refractivity contribution in [3.8, 4) is 11.8 Å². The van der Waals surface area contributed by atoms with E-state index in [2.05, 4.69) is 0 Å². The smallest absolute Gasteiger partial charge is 0.121 e. The highest BCUT2D eigenvalue weighted by molar-refractivity contribution is 6.31. The molecule has 1 aromatic carbocycles. The van der Waals surface area contributed by atoms with Crippen molar-refractivity contribution in [2.45, 2.75) is 37.8 Å². The van der Waals surface area contributed by atoms with Gasteiger partial charge in [-0.2, -0.15) is 5.26 Å². The second kappa shape index (κ2) is 5.39. The molecule has 0 unspecified atom stereocenters. The van der Waals surface area contributed by atoms with Gasteiger partial charge in [-0.3, -0.25) is 0 Å². The Bertz CT molecular complexity index is 434. The summed E-state index contributed by atoms with van der Waals surface area (Å²) < 4.78 is 5.83. The van der Waals surface area contributed by atoms with Crippen LogP contribution in [0.3, 0.4) is 0 Å². The molecular formula is C13H15ClN2O. The number of nitriles is 1. The van der Waals surface area contributed by atoms with Crippen LogP contribution in [-0.4, -0.2) is 12.1 Å². The molecule has 0 aromatic heterocycles. The van der Waals surface area contributed by atoms with Crippen molar-refractivity contribution in [3.05, 3.63) is 28.8 Å². The number of nitrogens with zero attached hydrogens (tertiary/aromatic N) is 1. The number of hydrogen-bond donors (Lipinski definition) is 1. The van der Waals surface area contributed by atoms with Crippen molar-refractivity contribution in [2.24, 2.45) is 5.73 Å². The van der Waals surface area contributed by atoms with Crippen molar-refractivity contribution in [1.82, 2.24) is 0 Å². The highest BCUT2D eigenvalue weighted by atomic mass is 35.5. The van der Waals surface area contributed by atoms with E-state index in [9.17, 15) is 0 Å². The summed E-state index contributed by atoms with van der Waals surface area (Å²) in [5.74, 6) is 0.731. The maximum Gasteiger partial charge on any atom is 0.121 e. The van der Waals surface area contributed by atoms with Crippen molar-refractivity contribution >= 4 is 11.6 Å². The van der Waals surface area contributed by atoms with Crippen molar-refractivity contribution in [2.75, 3.05) is 0 Å². The van der Waals surface area contributed by atoms with Gasteiger partial charge in [0.05, 0.1) is 16.7 Å². The molecule has 1 aliphatic carbocycles.